The highest BCUT2D eigenvalue weighted by atomic mass is 16.8. The molecule has 3 fully saturated rings. The minimum Gasteiger partial charge on any atom is -0.493 e. The Kier molecular flexibility index (Phi) is 6.14. The van der Waals surface area contributed by atoms with Crippen LogP contribution in [-0.2, 0) is 35.0 Å². The van der Waals surface area contributed by atoms with Gasteiger partial charge in [0.25, 0.3) is 0 Å². The number of hydrogen-bond acceptors (Lipinski definition) is 7. The molecule has 168 valence electrons. The minimum atomic E-state index is -0.705. The Hall–Kier alpha value is -1.22. The highest BCUT2D eigenvalue weighted by Gasteiger charge is 2.58. The second-order valence-corrected chi connectivity index (χ2v) is 9.56. The van der Waals surface area contributed by atoms with Crippen LogP contribution in [0.4, 0.5) is 0 Å². The van der Waals surface area contributed by atoms with Gasteiger partial charge in [-0.3, -0.25) is 0 Å². The third-order valence-corrected chi connectivity index (χ3v) is 5.37. The summed E-state index contributed by atoms with van der Waals surface area (Å²) in [6, 6.07) is 7.99. The van der Waals surface area contributed by atoms with E-state index in [1.165, 1.54) is 0 Å². The molecule has 0 aromatic heterocycles. The van der Waals surface area contributed by atoms with E-state index in [0.29, 0.717) is 25.7 Å². The Bertz CT molecular complexity index is 715. The summed E-state index contributed by atoms with van der Waals surface area (Å²) in [5, 5.41) is 0. The number of rotatable bonds is 7. The van der Waals surface area contributed by atoms with Gasteiger partial charge in [0, 0.05) is 0 Å². The van der Waals surface area contributed by atoms with Crippen LogP contribution in [0.1, 0.15) is 47.1 Å². The van der Waals surface area contributed by atoms with E-state index in [-0.39, 0.29) is 24.4 Å². The van der Waals surface area contributed by atoms with Crippen LogP contribution in [-0.4, -0.2) is 55.5 Å². The third-order valence-electron chi connectivity index (χ3n) is 5.37. The second-order valence-electron chi connectivity index (χ2n) is 9.56. The maximum atomic E-state index is 6.32. The van der Waals surface area contributed by atoms with Gasteiger partial charge >= 0.3 is 0 Å². The van der Waals surface area contributed by atoms with E-state index in [1.807, 2.05) is 52.0 Å². The second kappa shape index (κ2) is 8.37. The molecule has 0 amide bonds. The van der Waals surface area contributed by atoms with Gasteiger partial charge in [0.2, 0.25) is 0 Å². The fraction of sp³-hybridized carbons (Fsp3) is 0.739. The lowest BCUT2D eigenvalue weighted by molar-refractivity contribution is -0.236. The Morgan fingerprint density at radius 2 is 1.70 bits per heavy atom. The predicted molar refractivity (Wildman–Crippen MR) is 109 cm³/mol. The lowest BCUT2D eigenvalue weighted by Crippen LogP contribution is -2.44. The largest absolute Gasteiger partial charge is 0.493 e. The van der Waals surface area contributed by atoms with Gasteiger partial charge in [-0.25, -0.2) is 0 Å². The molecule has 0 bridgehead atoms. The zero-order chi connectivity index (χ0) is 21.5. The van der Waals surface area contributed by atoms with Crippen LogP contribution in [0.2, 0.25) is 0 Å². The van der Waals surface area contributed by atoms with Crippen LogP contribution < -0.4 is 4.74 Å². The minimum absolute atomic E-state index is 0.238. The van der Waals surface area contributed by atoms with Crippen molar-refractivity contribution >= 4 is 0 Å². The van der Waals surface area contributed by atoms with Crippen LogP contribution >= 0.6 is 0 Å². The van der Waals surface area contributed by atoms with Gasteiger partial charge in [0.05, 0.1) is 19.8 Å². The van der Waals surface area contributed by atoms with E-state index in [2.05, 4.69) is 13.8 Å². The molecule has 1 aromatic carbocycles. The highest BCUT2D eigenvalue weighted by Crippen LogP contribution is 2.42. The molecular weight excluding hydrogens is 388 g/mol. The maximum absolute atomic E-state index is 6.32. The van der Waals surface area contributed by atoms with Gasteiger partial charge in [-0.15, -0.1) is 0 Å². The standard InChI is InChI=1S/C23H34O7/c1-14(2)11-24-16-9-7-15(8-10-16)12-25-19-18(17-13-26-22(3,4)28-17)27-21-20(19)29-23(5,6)30-21/h7-10,14,17-21H,11-13H2,1-6H3/t17-,18-,19+,20-,21-/m0/s1. The van der Waals surface area contributed by atoms with Crippen molar-refractivity contribution in [1.82, 2.24) is 0 Å². The van der Waals surface area contributed by atoms with Gasteiger partial charge in [0.15, 0.2) is 17.9 Å². The molecule has 0 aliphatic carbocycles. The maximum Gasteiger partial charge on any atom is 0.190 e. The highest BCUT2D eigenvalue weighted by molar-refractivity contribution is 5.27. The molecule has 1 aromatic rings. The normalized spacial score (nSPS) is 34.4. The predicted octanol–water partition coefficient (Wildman–Crippen LogP) is 3.63. The Labute approximate surface area is 178 Å². The van der Waals surface area contributed by atoms with E-state index in [4.69, 9.17) is 33.2 Å². The lowest BCUT2D eigenvalue weighted by Gasteiger charge is -2.29. The Morgan fingerprint density at radius 1 is 0.967 bits per heavy atom. The van der Waals surface area contributed by atoms with Crippen LogP contribution in [0.3, 0.4) is 0 Å². The van der Waals surface area contributed by atoms with Crippen molar-refractivity contribution in [2.75, 3.05) is 13.2 Å². The van der Waals surface area contributed by atoms with Crippen molar-refractivity contribution in [3.8, 4) is 5.75 Å². The molecule has 3 saturated heterocycles. The zero-order valence-electron chi connectivity index (χ0n) is 18.8. The lowest BCUT2D eigenvalue weighted by atomic mass is 10.1. The van der Waals surface area contributed by atoms with E-state index in [1.54, 1.807) is 0 Å². The van der Waals surface area contributed by atoms with E-state index in [9.17, 15) is 0 Å². The van der Waals surface area contributed by atoms with Gasteiger partial charge in [-0.1, -0.05) is 26.0 Å². The van der Waals surface area contributed by atoms with Gasteiger partial charge in [-0.2, -0.15) is 0 Å². The summed E-state index contributed by atoms with van der Waals surface area (Å²) in [4.78, 5) is 0. The summed E-state index contributed by atoms with van der Waals surface area (Å²) in [5.74, 6) is 0.0136. The van der Waals surface area contributed by atoms with E-state index < -0.39 is 17.9 Å². The van der Waals surface area contributed by atoms with Crippen molar-refractivity contribution in [3.63, 3.8) is 0 Å². The summed E-state index contributed by atoms with van der Waals surface area (Å²) in [7, 11) is 0. The molecule has 0 radical (unpaired) electrons. The fourth-order valence-corrected chi connectivity index (χ4v) is 4.01. The topological polar surface area (TPSA) is 64.6 Å². The SMILES string of the molecule is CC(C)COc1ccc(CO[C@H]2[C@@H]3OC(C)(C)O[C@@H]3O[C@H]2[C@@H]2COC(C)(C)O2)cc1. The molecular formula is C23H34O7. The molecule has 7 nitrogen and oxygen atoms in total. The molecule has 0 unspecified atom stereocenters. The van der Waals surface area contributed by atoms with Crippen LogP contribution in [0.25, 0.3) is 0 Å². The number of fused-ring (bicyclic) bond motifs is 1. The van der Waals surface area contributed by atoms with Gasteiger partial charge in [-0.05, 0) is 51.3 Å². The summed E-state index contributed by atoms with van der Waals surface area (Å²) < 4.78 is 42.1. The van der Waals surface area contributed by atoms with Gasteiger partial charge in [0.1, 0.15) is 30.2 Å². The quantitative estimate of drug-likeness (QED) is 0.665. The van der Waals surface area contributed by atoms with Crippen molar-refractivity contribution in [2.24, 2.45) is 5.92 Å². The smallest absolute Gasteiger partial charge is 0.190 e. The monoisotopic (exact) mass is 422 g/mol. The molecule has 3 heterocycles. The molecule has 30 heavy (non-hydrogen) atoms. The number of hydrogen-bond donors (Lipinski definition) is 0. The molecule has 0 N–H and O–H groups in total. The average Bonchev–Trinajstić information content (AvgIpc) is 3.28. The fourth-order valence-electron chi connectivity index (χ4n) is 4.01. The number of benzene rings is 1. The van der Waals surface area contributed by atoms with E-state index >= 15 is 0 Å². The van der Waals surface area contributed by atoms with Crippen LogP contribution in [0.15, 0.2) is 24.3 Å². The first-order valence-electron chi connectivity index (χ1n) is 10.8. The Balaban J connectivity index is 1.41. The van der Waals surface area contributed by atoms with Crippen LogP contribution in [0.5, 0.6) is 5.75 Å². The van der Waals surface area contributed by atoms with Gasteiger partial charge < -0.3 is 33.2 Å². The third kappa shape index (κ3) is 4.98. The molecule has 4 rings (SSSR count). The Morgan fingerprint density at radius 3 is 2.33 bits per heavy atom. The van der Waals surface area contributed by atoms with Crippen molar-refractivity contribution < 1.29 is 33.2 Å². The summed E-state index contributed by atoms with van der Waals surface area (Å²) in [6.45, 7) is 13.4. The van der Waals surface area contributed by atoms with Crippen molar-refractivity contribution in [2.45, 2.75) is 90.4 Å². The summed E-state index contributed by atoms with van der Waals surface area (Å²) in [6.07, 6.45) is -1.68. The molecule has 5 atom stereocenters. The van der Waals surface area contributed by atoms with E-state index in [0.717, 1.165) is 11.3 Å². The molecule has 3 aliphatic heterocycles. The molecule has 0 spiro atoms. The molecule has 0 saturated carbocycles. The molecule has 7 heteroatoms. The number of ether oxygens (including phenoxy) is 7. The zero-order valence-corrected chi connectivity index (χ0v) is 18.8. The van der Waals surface area contributed by atoms with Crippen molar-refractivity contribution in [1.29, 1.82) is 0 Å². The summed E-state index contributed by atoms with van der Waals surface area (Å²) in [5.41, 5.74) is 1.05. The van der Waals surface area contributed by atoms with Crippen molar-refractivity contribution in [3.05, 3.63) is 29.8 Å². The summed E-state index contributed by atoms with van der Waals surface area (Å²) >= 11 is 0. The average molecular weight is 423 g/mol. The van der Waals surface area contributed by atoms with Crippen LogP contribution in [0, 0.1) is 5.92 Å². The first-order valence-corrected chi connectivity index (χ1v) is 10.8. The first kappa shape index (κ1) is 22.0. The molecule has 3 aliphatic rings. The first-order chi connectivity index (χ1) is 14.1.